The van der Waals surface area contributed by atoms with Crippen LogP contribution in [0.25, 0.3) is 0 Å². The lowest BCUT2D eigenvalue weighted by Gasteiger charge is -2.10. The molecule has 0 amide bonds. The smallest absolute Gasteiger partial charge is 0.183 e. The van der Waals surface area contributed by atoms with Gasteiger partial charge in [-0.25, -0.2) is 4.39 Å². The van der Waals surface area contributed by atoms with E-state index < -0.39 is 5.82 Å². The van der Waals surface area contributed by atoms with Gasteiger partial charge in [-0.2, -0.15) is 0 Å². The minimum atomic E-state index is -0.514. The van der Waals surface area contributed by atoms with Crippen LogP contribution in [0.3, 0.4) is 0 Å². The Morgan fingerprint density at radius 1 is 1.21 bits per heavy atom. The van der Waals surface area contributed by atoms with Crippen LogP contribution in [0.1, 0.15) is 5.56 Å². The van der Waals surface area contributed by atoms with Gasteiger partial charge in [0.15, 0.2) is 11.6 Å². The minimum absolute atomic E-state index is 0.0733. The number of hydrogen-bond acceptors (Lipinski definition) is 2. The average molecular weight is 280 g/mol. The van der Waals surface area contributed by atoms with Crippen LogP contribution >= 0.6 is 11.6 Å². The van der Waals surface area contributed by atoms with Crippen molar-refractivity contribution in [1.82, 2.24) is 0 Å². The maximum absolute atomic E-state index is 13.5. The Balaban J connectivity index is 1.82. The summed E-state index contributed by atoms with van der Waals surface area (Å²) in [4.78, 5) is 0. The zero-order valence-electron chi connectivity index (χ0n) is 10.6. The van der Waals surface area contributed by atoms with E-state index in [0.717, 1.165) is 5.69 Å². The second-order valence-electron chi connectivity index (χ2n) is 4.20. The number of aryl methyl sites for hydroxylation is 1. The number of rotatable bonds is 5. The van der Waals surface area contributed by atoms with E-state index in [1.165, 1.54) is 11.6 Å². The number of nitrogens with one attached hydrogen (secondary N) is 1. The monoisotopic (exact) mass is 279 g/mol. The van der Waals surface area contributed by atoms with Gasteiger partial charge in [-0.05, 0) is 36.8 Å². The van der Waals surface area contributed by atoms with Crippen LogP contribution < -0.4 is 10.1 Å². The molecule has 100 valence electrons. The maximum Gasteiger partial charge on any atom is 0.183 e. The Labute approximate surface area is 117 Å². The first-order valence-electron chi connectivity index (χ1n) is 6.04. The molecular formula is C15H15ClFNO. The van der Waals surface area contributed by atoms with Crippen molar-refractivity contribution in [3.63, 3.8) is 0 Å². The quantitative estimate of drug-likeness (QED) is 0.825. The van der Waals surface area contributed by atoms with Crippen LogP contribution in [-0.2, 0) is 0 Å². The molecule has 0 aliphatic heterocycles. The van der Waals surface area contributed by atoms with E-state index in [9.17, 15) is 4.39 Å². The molecule has 0 aliphatic rings. The molecule has 0 saturated heterocycles. The van der Waals surface area contributed by atoms with Gasteiger partial charge in [0.1, 0.15) is 6.61 Å². The minimum Gasteiger partial charge on any atom is -0.489 e. The van der Waals surface area contributed by atoms with Crippen molar-refractivity contribution in [2.45, 2.75) is 6.92 Å². The van der Waals surface area contributed by atoms with Gasteiger partial charge in [0.2, 0.25) is 0 Å². The zero-order valence-corrected chi connectivity index (χ0v) is 11.4. The third-order valence-electron chi connectivity index (χ3n) is 2.62. The second kappa shape index (κ2) is 6.43. The molecule has 2 aromatic rings. The summed E-state index contributed by atoms with van der Waals surface area (Å²) >= 11 is 5.67. The summed E-state index contributed by atoms with van der Waals surface area (Å²) in [5.74, 6) is -0.335. The summed E-state index contributed by atoms with van der Waals surface area (Å²) in [6.45, 7) is 2.99. The molecule has 1 N–H and O–H groups in total. The van der Waals surface area contributed by atoms with Gasteiger partial charge in [0.05, 0.1) is 5.02 Å². The SMILES string of the molecule is Cc1cccc(NCCOc2cccc(Cl)c2F)c1. The summed E-state index contributed by atoms with van der Waals surface area (Å²) < 4.78 is 18.9. The highest BCUT2D eigenvalue weighted by atomic mass is 35.5. The van der Waals surface area contributed by atoms with Crippen LogP contribution in [0.15, 0.2) is 42.5 Å². The number of benzene rings is 2. The van der Waals surface area contributed by atoms with Gasteiger partial charge in [-0.1, -0.05) is 29.8 Å². The first-order valence-corrected chi connectivity index (χ1v) is 6.42. The summed E-state index contributed by atoms with van der Waals surface area (Å²) in [5, 5.41) is 3.28. The predicted molar refractivity (Wildman–Crippen MR) is 76.6 cm³/mol. The predicted octanol–water partition coefficient (Wildman–Crippen LogP) is 4.28. The number of anilines is 1. The first-order chi connectivity index (χ1) is 9.16. The Bertz CT molecular complexity index is 560. The second-order valence-corrected chi connectivity index (χ2v) is 4.60. The Kier molecular flexibility index (Phi) is 4.63. The first kappa shape index (κ1) is 13.7. The number of ether oxygens (including phenoxy) is 1. The molecule has 0 heterocycles. The van der Waals surface area contributed by atoms with Crippen molar-refractivity contribution < 1.29 is 9.13 Å². The van der Waals surface area contributed by atoms with Crippen LogP contribution in [-0.4, -0.2) is 13.2 Å². The molecule has 2 aromatic carbocycles. The molecule has 0 aromatic heterocycles. The lowest BCUT2D eigenvalue weighted by molar-refractivity contribution is 0.315. The highest BCUT2D eigenvalue weighted by molar-refractivity contribution is 6.30. The third-order valence-corrected chi connectivity index (χ3v) is 2.91. The van der Waals surface area contributed by atoms with Crippen molar-refractivity contribution in [2.24, 2.45) is 0 Å². The van der Waals surface area contributed by atoms with Crippen molar-refractivity contribution in [2.75, 3.05) is 18.5 Å². The zero-order chi connectivity index (χ0) is 13.7. The van der Waals surface area contributed by atoms with Crippen LogP contribution in [0, 0.1) is 12.7 Å². The molecule has 2 nitrogen and oxygen atoms in total. The molecule has 19 heavy (non-hydrogen) atoms. The third kappa shape index (κ3) is 3.86. The van der Waals surface area contributed by atoms with E-state index >= 15 is 0 Å². The molecule has 0 saturated carbocycles. The molecule has 4 heteroatoms. The topological polar surface area (TPSA) is 21.3 Å². The summed E-state index contributed by atoms with van der Waals surface area (Å²) in [6, 6.07) is 12.8. The molecule has 0 spiro atoms. The fourth-order valence-corrected chi connectivity index (χ4v) is 1.87. The fraction of sp³-hybridized carbons (Fsp3) is 0.200. The van der Waals surface area contributed by atoms with Gasteiger partial charge in [-0.15, -0.1) is 0 Å². The molecule has 0 aliphatic carbocycles. The molecule has 0 unspecified atom stereocenters. The van der Waals surface area contributed by atoms with E-state index in [1.54, 1.807) is 12.1 Å². The number of hydrogen-bond donors (Lipinski definition) is 1. The van der Waals surface area contributed by atoms with E-state index in [1.807, 2.05) is 31.2 Å². The van der Waals surface area contributed by atoms with Gasteiger partial charge in [0.25, 0.3) is 0 Å². The standard InChI is InChI=1S/C15H15ClFNO/c1-11-4-2-5-12(10-11)18-8-9-19-14-7-3-6-13(16)15(14)17/h2-7,10,18H,8-9H2,1H3. The highest BCUT2D eigenvalue weighted by Crippen LogP contribution is 2.23. The molecule has 0 radical (unpaired) electrons. The van der Waals surface area contributed by atoms with E-state index in [0.29, 0.717) is 13.2 Å². The van der Waals surface area contributed by atoms with Crippen molar-refractivity contribution >= 4 is 17.3 Å². The number of halogens is 2. The van der Waals surface area contributed by atoms with Gasteiger partial charge >= 0.3 is 0 Å². The average Bonchev–Trinajstić information content (AvgIpc) is 2.39. The van der Waals surface area contributed by atoms with Crippen LogP contribution in [0.2, 0.25) is 5.02 Å². The highest BCUT2D eigenvalue weighted by Gasteiger charge is 2.06. The van der Waals surface area contributed by atoms with E-state index in [4.69, 9.17) is 16.3 Å². The Morgan fingerprint density at radius 3 is 2.79 bits per heavy atom. The van der Waals surface area contributed by atoms with Crippen LogP contribution in [0.5, 0.6) is 5.75 Å². The fourth-order valence-electron chi connectivity index (χ4n) is 1.71. The molecule has 0 fully saturated rings. The van der Waals surface area contributed by atoms with E-state index in [2.05, 4.69) is 5.32 Å². The molecule has 2 rings (SSSR count). The molecular weight excluding hydrogens is 265 g/mol. The van der Waals surface area contributed by atoms with Crippen molar-refractivity contribution in [3.8, 4) is 5.75 Å². The van der Waals surface area contributed by atoms with Gasteiger partial charge in [0, 0.05) is 12.2 Å². The lowest BCUT2D eigenvalue weighted by Crippen LogP contribution is -2.12. The van der Waals surface area contributed by atoms with Gasteiger partial charge in [-0.3, -0.25) is 0 Å². The normalized spacial score (nSPS) is 10.3. The molecule has 0 bridgehead atoms. The summed E-state index contributed by atoms with van der Waals surface area (Å²) in [5.41, 5.74) is 2.21. The molecule has 0 atom stereocenters. The van der Waals surface area contributed by atoms with Crippen molar-refractivity contribution in [1.29, 1.82) is 0 Å². The Hall–Kier alpha value is -1.74. The summed E-state index contributed by atoms with van der Waals surface area (Å²) in [6.07, 6.45) is 0. The largest absolute Gasteiger partial charge is 0.489 e. The lowest BCUT2D eigenvalue weighted by atomic mass is 10.2. The van der Waals surface area contributed by atoms with Gasteiger partial charge < -0.3 is 10.1 Å². The maximum atomic E-state index is 13.5. The Morgan fingerprint density at radius 2 is 2.00 bits per heavy atom. The van der Waals surface area contributed by atoms with E-state index in [-0.39, 0.29) is 10.8 Å². The van der Waals surface area contributed by atoms with Crippen LogP contribution in [0.4, 0.5) is 10.1 Å². The van der Waals surface area contributed by atoms with Crippen molar-refractivity contribution in [3.05, 3.63) is 58.9 Å². The summed E-state index contributed by atoms with van der Waals surface area (Å²) in [7, 11) is 0.